The van der Waals surface area contributed by atoms with E-state index in [2.05, 4.69) is 5.32 Å². The third-order valence-corrected chi connectivity index (χ3v) is 5.60. The van der Waals surface area contributed by atoms with Crippen LogP contribution in [0.5, 0.6) is 17.2 Å². The van der Waals surface area contributed by atoms with Crippen molar-refractivity contribution in [1.82, 2.24) is 0 Å². The molecule has 4 nitrogen and oxygen atoms in total. The van der Waals surface area contributed by atoms with E-state index in [1.165, 1.54) is 11.8 Å². The van der Waals surface area contributed by atoms with E-state index in [9.17, 15) is 4.79 Å². The number of fused-ring (bicyclic) bond motifs is 1. The number of carbonyl (C=O) groups is 1. The van der Waals surface area contributed by atoms with Crippen molar-refractivity contribution in [2.45, 2.75) is 11.8 Å². The fraction of sp³-hybridized carbons (Fsp3) is 0.0870. The standard InChI is InChI=1S/C23H19NO3S/c1-15-23(22(25)16-7-6-10-18(13-16)26-2)28-21-14-19(11-12-20(21)24-15)27-17-8-4-3-5-9-17/h3-14,24H,1-2H3. The summed E-state index contributed by atoms with van der Waals surface area (Å²) in [6.45, 7) is 1.91. The molecule has 0 aliphatic carbocycles. The van der Waals surface area contributed by atoms with E-state index in [0.29, 0.717) is 16.2 Å². The van der Waals surface area contributed by atoms with Crippen LogP contribution in [0.15, 0.2) is 88.3 Å². The molecule has 28 heavy (non-hydrogen) atoms. The van der Waals surface area contributed by atoms with Gasteiger partial charge in [-0.25, -0.2) is 0 Å². The predicted octanol–water partition coefficient (Wildman–Crippen LogP) is 6.12. The molecule has 0 atom stereocenters. The number of hydrogen-bond acceptors (Lipinski definition) is 5. The highest BCUT2D eigenvalue weighted by atomic mass is 32.2. The van der Waals surface area contributed by atoms with Gasteiger partial charge in [-0.3, -0.25) is 4.79 Å². The first kappa shape index (κ1) is 18.2. The lowest BCUT2D eigenvalue weighted by Gasteiger charge is -2.22. The minimum absolute atomic E-state index is 0.0334. The van der Waals surface area contributed by atoms with Gasteiger partial charge in [0.05, 0.1) is 17.7 Å². The number of methoxy groups -OCH3 is 1. The van der Waals surface area contributed by atoms with Crippen LogP contribution in [-0.2, 0) is 0 Å². The molecule has 1 heterocycles. The van der Waals surface area contributed by atoms with Gasteiger partial charge in [0.2, 0.25) is 5.78 Å². The van der Waals surface area contributed by atoms with Crippen molar-refractivity contribution >= 4 is 23.2 Å². The molecule has 0 bridgehead atoms. The van der Waals surface area contributed by atoms with Gasteiger partial charge in [0.1, 0.15) is 17.2 Å². The lowest BCUT2D eigenvalue weighted by molar-refractivity contribution is 0.104. The molecular weight excluding hydrogens is 370 g/mol. The van der Waals surface area contributed by atoms with E-state index < -0.39 is 0 Å². The summed E-state index contributed by atoms with van der Waals surface area (Å²) in [5.74, 6) is 2.13. The topological polar surface area (TPSA) is 47.6 Å². The number of ether oxygens (including phenoxy) is 2. The number of carbonyl (C=O) groups excluding carboxylic acids is 1. The van der Waals surface area contributed by atoms with Crippen LogP contribution in [0.1, 0.15) is 17.3 Å². The Morgan fingerprint density at radius 2 is 1.68 bits per heavy atom. The predicted molar refractivity (Wildman–Crippen MR) is 112 cm³/mol. The maximum atomic E-state index is 13.1. The first-order valence-corrected chi connectivity index (χ1v) is 9.67. The van der Waals surface area contributed by atoms with Crippen LogP contribution < -0.4 is 14.8 Å². The van der Waals surface area contributed by atoms with E-state index in [1.54, 1.807) is 19.2 Å². The molecular formula is C23H19NO3S. The zero-order valence-corrected chi connectivity index (χ0v) is 16.4. The van der Waals surface area contributed by atoms with Crippen molar-refractivity contribution in [1.29, 1.82) is 0 Å². The van der Waals surface area contributed by atoms with Gasteiger partial charge in [0, 0.05) is 16.2 Å². The highest BCUT2D eigenvalue weighted by Crippen LogP contribution is 2.43. The molecule has 0 radical (unpaired) electrons. The van der Waals surface area contributed by atoms with E-state index >= 15 is 0 Å². The summed E-state index contributed by atoms with van der Waals surface area (Å²) >= 11 is 1.45. The average molecular weight is 389 g/mol. The minimum atomic E-state index is -0.0334. The van der Waals surface area contributed by atoms with Gasteiger partial charge in [-0.1, -0.05) is 42.1 Å². The molecule has 5 heteroatoms. The molecule has 0 unspecified atom stereocenters. The number of thioether (sulfide) groups is 1. The SMILES string of the molecule is COc1cccc(C(=O)C2=C(C)Nc3ccc(Oc4ccccc4)cc3S2)c1. The van der Waals surface area contributed by atoms with Gasteiger partial charge in [-0.05, 0) is 49.4 Å². The van der Waals surface area contributed by atoms with Crippen molar-refractivity contribution in [3.8, 4) is 17.2 Å². The van der Waals surface area contributed by atoms with Crippen LogP contribution in [0.4, 0.5) is 5.69 Å². The summed E-state index contributed by atoms with van der Waals surface area (Å²) in [5.41, 5.74) is 2.40. The second kappa shape index (κ2) is 7.82. The van der Waals surface area contributed by atoms with Crippen molar-refractivity contribution in [2.75, 3.05) is 12.4 Å². The number of hydrogen-bond donors (Lipinski definition) is 1. The van der Waals surface area contributed by atoms with Crippen LogP contribution >= 0.6 is 11.8 Å². The molecule has 0 spiro atoms. The molecule has 1 aliphatic heterocycles. The Balaban J connectivity index is 1.60. The summed E-state index contributed by atoms with van der Waals surface area (Å²) in [4.78, 5) is 14.7. The van der Waals surface area contributed by atoms with Gasteiger partial charge in [-0.2, -0.15) is 0 Å². The number of anilines is 1. The second-order valence-electron chi connectivity index (χ2n) is 6.32. The van der Waals surface area contributed by atoms with Crippen molar-refractivity contribution in [3.63, 3.8) is 0 Å². The average Bonchev–Trinajstić information content (AvgIpc) is 2.74. The molecule has 0 aromatic heterocycles. The van der Waals surface area contributed by atoms with Crippen molar-refractivity contribution < 1.29 is 14.3 Å². The van der Waals surface area contributed by atoms with Gasteiger partial charge in [0.25, 0.3) is 0 Å². The largest absolute Gasteiger partial charge is 0.497 e. The van der Waals surface area contributed by atoms with E-state index in [4.69, 9.17) is 9.47 Å². The highest BCUT2D eigenvalue weighted by Gasteiger charge is 2.23. The molecule has 140 valence electrons. The zero-order valence-electron chi connectivity index (χ0n) is 15.6. The van der Waals surface area contributed by atoms with Crippen LogP contribution in [0.25, 0.3) is 0 Å². The van der Waals surface area contributed by atoms with Gasteiger partial charge in [-0.15, -0.1) is 0 Å². The first-order valence-electron chi connectivity index (χ1n) is 8.85. The molecule has 4 rings (SSSR count). The molecule has 0 amide bonds. The number of rotatable bonds is 5. The number of ketones is 1. The Morgan fingerprint density at radius 1 is 0.893 bits per heavy atom. The maximum absolute atomic E-state index is 13.1. The number of para-hydroxylation sites is 1. The minimum Gasteiger partial charge on any atom is -0.497 e. The van der Waals surface area contributed by atoms with Crippen LogP contribution in [0, 0.1) is 0 Å². The zero-order chi connectivity index (χ0) is 19.5. The molecule has 3 aromatic rings. The van der Waals surface area contributed by atoms with Crippen LogP contribution in [-0.4, -0.2) is 12.9 Å². The van der Waals surface area contributed by atoms with Gasteiger partial charge in [0.15, 0.2) is 0 Å². The number of allylic oxidation sites excluding steroid dienone is 2. The molecule has 0 fully saturated rings. The fourth-order valence-corrected chi connectivity index (χ4v) is 3.97. The normalized spacial score (nSPS) is 12.8. The maximum Gasteiger partial charge on any atom is 0.201 e. The Hall–Kier alpha value is -3.18. The van der Waals surface area contributed by atoms with Crippen molar-refractivity contribution in [3.05, 3.63) is 89.0 Å². The van der Waals surface area contributed by atoms with E-state index in [0.717, 1.165) is 27.8 Å². The summed E-state index contributed by atoms with van der Waals surface area (Å²) in [5, 5.41) is 3.33. The quantitative estimate of drug-likeness (QED) is 0.533. The Morgan fingerprint density at radius 3 is 2.46 bits per heavy atom. The summed E-state index contributed by atoms with van der Waals surface area (Å²) < 4.78 is 11.2. The van der Waals surface area contributed by atoms with Crippen LogP contribution in [0.2, 0.25) is 0 Å². The highest BCUT2D eigenvalue weighted by molar-refractivity contribution is 8.04. The van der Waals surface area contributed by atoms with E-state index in [1.807, 2.05) is 67.6 Å². The first-order chi connectivity index (χ1) is 13.6. The second-order valence-corrected chi connectivity index (χ2v) is 7.37. The lowest BCUT2D eigenvalue weighted by atomic mass is 10.1. The molecule has 1 N–H and O–H groups in total. The summed E-state index contributed by atoms with van der Waals surface area (Å²) in [6, 6.07) is 22.7. The van der Waals surface area contributed by atoms with Crippen LogP contribution in [0.3, 0.4) is 0 Å². The molecule has 0 saturated carbocycles. The molecule has 0 saturated heterocycles. The van der Waals surface area contributed by atoms with Gasteiger partial charge < -0.3 is 14.8 Å². The smallest absolute Gasteiger partial charge is 0.201 e. The molecule has 1 aliphatic rings. The number of benzene rings is 3. The van der Waals surface area contributed by atoms with Crippen molar-refractivity contribution in [2.24, 2.45) is 0 Å². The third-order valence-electron chi connectivity index (χ3n) is 4.34. The Labute approximate surface area is 168 Å². The number of nitrogens with one attached hydrogen (secondary N) is 1. The third kappa shape index (κ3) is 3.75. The summed E-state index contributed by atoms with van der Waals surface area (Å²) in [7, 11) is 1.59. The van der Waals surface area contributed by atoms with Gasteiger partial charge >= 0.3 is 0 Å². The lowest BCUT2D eigenvalue weighted by Crippen LogP contribution is -2.12. The Kier molecular flexibility index (Phi) is 5.08. The van der Waals surface area contributed by atoms with E-state index in [-0.39, 0.29) is 5.78 Å². The summed E-state index contributed by atoms with van der Waals surface area (Å²) in [6.07, 6.45) is 0. The monoisotopic (exact) mass is 389 g/mol. The fourth-order valence-electron chi connectivity index (χ4n) is 2.94. The molecule has 3 aromatic carbocycles. The number of Topliss-reactive ketones (excluding diaryl/α,β-unsaturated/α-hetero) is 1. The Bertz CT molecular complexity index is 1060.